The summed E-state index contributed by atoms with van der Waals surface area (Å²) < 4.78 is 40.7. The van der Waals surface area contributed by atoms with E-state index in [4.69, 9.17) is 0 Å². The Labute approximate surface area is 127 Å². The first-order chi connectivity index (χ1) is 9.90. The average molecular weight is 313 g/mol. The third-order valence-corrected chi connectivity index (χ3v) is 6.03. The Bertz CT molecular complexity index is 569. The van der Waals surface area contributed by atoms with Crippen LogP contribution in [-0.2, 0) is 10.0 Å². The number of rotatable bonds is 5. The number of sulfonamides is 1. The number of nitrogens with one attached hydrogen (secondary N) is 1. The molecule has 1 aliphatic rings. The van der Waals surface area contributed by atoms with Gasteiger partial charge in [-0.1, -0.05) is 32.1 Å². The van der Waals surface area contributed by atoms with E-state index in [0.717, 1.165) is 6.42 Å². The molecule has 0 atom stereocenters. The van der Waals surface area contributed by atoms with Gasteiger partial charge in [0.05, 0.1) is 4.90 Å². The Morgan fingerprint density at radius 3 is 2.29 bits per heavy atom. The van der Waals surface area contributed by atoms with Gasteiger partial charge in [-0.15, -0.1) is 0 Å². The Hall–Kier alpha value is -0.940. The maximum Gasteiger partial charge on any atom is 0.241 e. The van der Waals surface area contributed by atoms with E-state index in [1.54, 1.807) is 13.8 Å². The summed E-state index contributed by atoms with van der Waals surface area (Å²) in [6, 6.07) is 2.53. The number of hydrogen-bond donors (Lipinski definition) is 1. The Kier molecular flexibility index (Phi) is 5.38. The first-order valence-corrected chi connectivity index (χ1v) is 9.15. The minimum Gasteiger partial charge on any atom is -0.211 e. The number of benzene rings is 1. The molecule has 1 fully saturated rings. The zero-order valence-corrected chi connectivity index (χ0v) is 13.6. The predicted octanol–water partition coefficient (Wildman–Crippen LogP) is 3.69. The summed E-state index contributed by atoms with van der Waals surface area (Å²) in [6.45, 7) is 3.72. The van der Waals surface area contributed by atoms with E-state index in [9.17, 15) is 12.8 Å². The zero-order valence-electron chi connectivity index (χ0n) is 12.8. The molecule has 5 heteroatoms. The van der Waals surface area contributed by atoms with Crippen LogP contribution in [0.3, 0.4) is 0 Å². The highest BCUT2D eigenvalue weighted by Crippen LogP contribution is 2.26. The van der Waals surface area contributed by atoms with Crippen LogP contribution in [0.25, 0.3) is 0 Å². The summed E-state index contributed by atoms with van der Waals surface area (Å²) in [5, 5.41) is 0. The second kappa shape index (κ2) is 6.88. The number of aryl methyl sites for hydroxylation is 2. The van der Waals surface area contributed by atoms with Gasteiger partial charge in [-0.05, 0) is 49.4 Å². The lowest BCUT2D eigenvalue weighted by Crippen LogP contribution is -2.28. The molecular formula is C16H24FNO2S. The minimum absolute atomic E-state index is 0.215. The molecule has 21 heavy (non-hydrogen) atoms. The van der Waals surface area contributed by atoms with Crippen molar-refractivity contribution in [1.82, 2.24) is 4.72 Å². The largest absolute Gasteiger partial charge is 0.241 e. The van der Waals surface area contributed by atoms with Crippen LogP contribution in [0.1, 0.15) is 49.7 Å². The fourth-order valence-corrected chi connectivity index (χ4v) is 4.76. The molecule has 0 aliphatic heterocycles. The lowest BCUT2D eigenvalue weighted by Gasteiger charge is -2.21. The molecule has 0 amide bonds. The van der Waals surface area contributed by atoms with Gasteiger partial charge in [0, 0.05) is 6.54 Å². The van der Waals surface area contributed by atoms with Crippen LogP contribution in [0, 0.1) is 25.6 Å². The van der Waals surface area contributed by atoms with Crippen molar-refractivity contribution in [2.75, 3.05) is 6.54 Å². The van der Waals surface area contributed by atoms with E-state index < -0.39 is 15.8 Å². The van der Waals surface area contributed by atoms with Crippen LogP contribution in [-0.4, -0.2) is 15.0 Å². The van der Waals surface area contributed by atoms with Gasteiger partial charge in [0.1, 0.15) is 5.82 Å². The lowest BCUT2D eigenvalue weighted by molar-refractivity contribution is 0.339. The molecule has 0 saturated heterocycles. The third kappa shape index (κ3) is 4.27. The maximum atomic E-state index is 13.3. The molecule has 0 bridgehead atoms. The highest BCUT2D eigenvalue weighted by Gasteiger charge is 2.21. The maximum absolute atomic E-state index is 13.3. The SMILES string of the molecule is Cc1cc(F)cc(C)c1S(=O)(=O)NCCC1CCCCC1. The Balaban J connectivity index is 2.01. The van der Waals surface area contributed by atoms with Crippen LogP contribution < -0.4 is 4.72 Å². The van der Waals surface area contributed by atoms with Crippen LogP contribution in [0.5, 0.6) is 0 Å². The van der Waals surface area contributed by atoms with Gasteiger partial charge in [0.2, 0.25) is 10.0 Å². The second-order valence-electron chi connectivity index (χ2n) is 6.06. The number of hydrogen-bond acceptors (Lipinski definition) is 2. The predicted molar refractivity (Wildman–Crippen MR) is 82.3 cm³/mol. The molecule has 0 aromatic heterocycles. The van der Waals surface area contributed by atoms with Gasteiger partial charge in [-0.2, -0.15) is 0 Å². The van der Waals surface area contributed by atoms with E-state index in [-0.39, 0.29) is 4.90 Å². The molecule has 1 N–H and O–H groups in total. The second-order valence-corrected chi connectivity index (χ2v) is 7.76. The molecule has 1 aromatic rings. The summed E-state index contributed by atoms with van der Waals surface area (Å²) in [5.74, 6) is 0.239. The molecule has 1 aliphatic carbocycles. The van der Waals surface area contributed by atoms with E-state index in [2.05, 4.69) is 4.72 Å². The fourth-order valence-electron chi connectivity index (χ4n) is 3.27. The van der Waals surface area contributed by atoms with Gasteiger partial charge in [0.25, 0.3) is 0 Å². The van der Waals surface area contributed by atoms with Gasteiger partial charge in [-0.3, -0.25) is 0 Å². The highest BCUT2D eigenvalue weighted by atomic mass is 32.2. The number of halogens is 1. The van der Waals surface area contributed by atoms with Crippen LogP contribution in [0.4, 0.5) is 4.39 Å². The average Bonchev–Trinajstić information content (AvgIpc) is 2.38. The van der Waals surface area contributed by atoms with Crippen molar-refractivity contribution in [2.24, 2.45) is 5.92 Å². The third-order valence-electron chi connectivity index (χ3n) is 4.26. The van der Waals surface area contributed by atoms with Crippen molar-refractivity contribution in [3.05, 3.63) is 29.1 Å². The molecular weight excluding hydrogens is 289 g/mol. The molecule has 0 spiro atoms. The monoisotopic (exact) mass is 313 g/mol. The van der Waals surface area contributed by atoms with Crippen molar-refractivity contribution in [1.29, 1.82) is 0 Å². The first kappa shape index (κ1) is 16.4. The van der Waals surface area contributed by atoms with E-state index in [1.165, 1.54) is 44.2 Å². The summed E-state index contributed by atoms with van der Waals surface area (Å²) >= 11 is 0. The fraction of sp³-hybridized carbons (Fsp3) is 0.625. The van der Waals surface area contributed by atoms with Crippen molar-refractivity contribution in [3.63, 3.8) is 0 Å². The van der Waals surface area contributed by atoms with E-state index in [1.807, 2.05) is 0 Å². The molecule has 3 nitrogen and oxygen atoms in total. The topological polar surface area (TPSA) is 46.2 Å². The van der Waals surface area contributed by atoms with Crippen molar-refractivity contribution < 1.29 is 12.8 Å². The van der Waals surface area contributed by atoms with Gasteiger partial charge < -0.3 is 0 Å². The molecule has 0 heterocycles. The standard InChI is InChI=1S/C16H24FNO2S/c1-12-10-15(17)11-13(2)16(12)21(19,20)18-9-8-14-6-4-3-5-7-14/h10-11,14,18H,3-9H2,1-2H3. The van der Waals surface area contributed by atoms with Crippen molar-refractivity contribution in [3.8, 4) is 0 Å². The Morgan fingerprint density at radius 1 is 1.14 bits per heavy atom. The smallest absolute Gasteiger partial charge is 0.211 e. The molecule has 0 unspecified atom stereocenters. The van der Waals surface area contributed by atoms with Crippen molar-refractivity contribution >= 4 is 10.0 Å². The van der Waals surface area contributed by atoms with E-state index in [0.29, 0.717) is 23.6 Å². The molecule has 0 radical (unpaired) electrons. The van der Waals surface area contributed by atoms with Crippen LogP contribution >= 0.6 is 0 Å². The molecule has 118 valence electrons. The Morgan fingerprint density at radius 2 is 1.71 bits per heavy atom. The van der Waals surface area contributed by atoms with Gasteiger partial charge in [0.15, 0.2) is 0 Å². The summed E-state index contributed by atoms with van der Waals surface area (Å²) in [7, 11) is -3.56. The summed E-state index contributed by atoms with van der Waals surface area (Å²) in [6.07, 6.45) is 7.11. The molecule has 1 saturated carbocycles. The quantitative estimate of drug-likeness (QED) is 0.901. The molecule has 1 aromatic carbocycles. The van der Waals surface area contributed by atoms with Crippen LogP contribution in [0.2, 0.25) is 0 Å². The van der Waals surface area contributed by atoms with Gasteiger partial charge in [-0.25, -0.2) is 17.5 Å². The first-order valence-electron chi connectivity index (χ1n) is 7.66. The molecule has 2 rings (SSSR count). The van der Waals surface area contributed by atoms with Crippen LogP contribution in [0.15, 0.2) is 17.0 Å². The highest BCUT2D eigenvalue weighted by molar-refractivity contribution is 7.89. The summed E-state index contributed by atoms with van der Waals surface area (Å²) in [4.78, 5) is 0.215. The van der Waals surface area contributed by atoms with Crippen molar-refractivity contribution in [2.45, 2.75) is 57.3 Å². The zero-order chi connectivity index (χ0) is 15.5. The normalized spacial score (nSPS) is 17.1. The lowest BCUT2D eigenvalue weighted by atomic mass is 9.87. The summed E-state index contributed by atoms with van der Waals surface area (Å²) in [5.41, 5.74) is 0.912. The van der Waals surface area contributed by atoms with E-state index >= 15 is 0 Å². The van der Waals surface area contributed by atoms with Gasteiger partial charge >= 0.3 is 0 Å². The minimum atomic E-state index is -3.56.